The quantitative estimate of drug-likeness (QED) is 0.673. The van der Waals surface area contributed by atoms with Crippen molar-refractivity contribution in [2.24, 2.45) is 17.3 Å². The molecule has 108 valence electrons. The summed E-state index contributed by atoms with van der Waals surface area (Å²) in [5.74, 6) is -2.40. The number of carbonyl (C=O) groups excluding carboxylic acids is 2. The van der Waals surface area contributed by atoms with Crippen LogP contribution in [0.15, 0.2) is 0 Å². The van der Waals surface area contributed by atoms with E-state index in [1.54, 1.807) is 20.9 Å². The number of hydrogen-bond acceptors (Lipinski definition) is 3. The summed E-state index contributed by atoms with van der Waals surface area (Å²) >= 11 is 0. The van der Waals surface area contributed by atoms with Gasteiger partial charge in [0, 0.05) is 13.6 Å². The zero-order chi connectivity index (χ0) is 14.6. The molecule has 0 spiro atoms. The normalized spacial score (nSPS) is 22.9. The first-order chi connectivity index (χ1) is 8.79. The maximum absolute atomic E-state index is 12.0. The Bertz CT molecular complexity index is 379. The Hall–Kier alpha value is -1.59. The maximum atomic E-state index is 12.0. The zero-order valence-corrected chi connectivity index (χ0v) is 11.7. The second-order valence-corrected chi connectivity index (χ2v) is 5.66. The van der Waals surface area contributed by atoms with Crippen LogP contribution in [-0.2, 0) is 14.4 Å². The van der Waals surface area contributed by atoms with Gasteiger partial charge in [-0.2, -0.15) is 0 Å². The lowest BCUT2D eigenvalue weighted by atomic mass is 9.91. The fourth-order valence-corrected chi connectivity index (χ4v) is 2.43. The van der Waals surface area contributed by atoms with E-state index >= 15 is 0 Å². The molecule has 1 fully saturated rings. The molecule has 0 bridgehead atoms. The van der Waals surface area contributed by atoms with Gasteiger partial charge in [0.15, 0.2) is 0 Å². The molecule has 6 nitrogen and oxygen atoms in total. The third-order valence-electron chi connectivity index (χ3n) is 3.72. The minimum Gasteiger partial charge on any atom is -0.481 e. The molecule has 1 aliphatic carbocycles. The highest BCUT2D eigenvalue weighted by Gasteiger charge is 2.38. The van der Waals surface area contributed by atoms with Gasteiger partial charge in [0.05, 0.1) is 17.3 Å². The summed E-state index contributed by atoms with van der Waals surface area (Å²) in [6, 6.07) is 0. The van der Waals surface area contributed by atoms with Crippen molar-refractivity contribution in [2.75, 3.05) is 13.6 Å². The molecule has 2 atom stereocenters. The van der Waals surface area contributed by atoms with Gasteiger partial charge in [0.2, 0.25) is 11.8 Å². The van der Waals surface area contributed by atoms with Crippen LogP contribution in [0.5, 0.6) is 0 Å². The number of carbonyl (C=O) groups is 3. The summed E-state index contributed by atoms with van der Waals surface area (Å²) in [6.07, 6.45) is 1.91. The molecule has 0 saturated heterocycles. The number of amides is 2. The minimum absolute atomic E-state index is 0.158. The molecule has 1 aliphatic rings. The average Bonchev–Trinajstić information content (AvgIpc) is 2.84. The van der Waals surface area contributed by atoms with Crippen LogP contribution >= 0.6 is 0 Å². The highest BCUT2D eigenvalue weighted by Crippen LogP contribution is 2.32. The predicted molar refractivity (Wildman–Crippen MR) is 69.3 cm³/mol. The van der Waals surface area contributed by atoms with Crippen molar-refractivity contribution >= 4 is 17.8 Å². The van der Waals surface area contributed by atoms with Crippen molar-refractivity contribution in [1.82, 2.24) is 10.6 Å². The van der Waals surface area contributed by atoms with Gasteiger partial charge in [-0.25, -0.2) is 0 Å². The van der Waals surface area contributed by atoms with E-state index in [0.717, 1.165) is 6.42 Å². The van der Waals surface area contributed by atoms with E-state index in [4.69, 9.17) is 5.11 Å². The first kappa shape index (κ1) is 15.5. The highest BCUT2D eigenvalue weighted by molar-refractivity contribution is 5.86. The van der Waals surface area contributed by atoms with Crippen LogP contribution < -0.4 is 10.6 Å². The molecule has 0 heterocycles. The molecule has 2 amide bonds. The molecule has 3 N–H and O–H groups in total. The summed E-state index contributed by atoms with van der Waals surface area (Å²) < 4.78 is 0. The number of aliphatic carboxylic acids is 1. The van der Waals surface area contributed by atoms with E-state index < -0.39 is 23.2 Å². The summed E-state index contributed by atoms with van der Waals surface area (Å²) in [7, 11) is 1.54. The monoisotopic (exact) mass is 270 g/mol. The van der Waals surface area contributed by atoms with Crippen LogP contribution in [-0.4, -0.2) is 36.5 Å². The largest absolute Gasteiger partial charge is 0.481 e. The fourth-order valence-electron chi connectivity index (χ4n) is 2.43. The van der Waals surface area contributed by atoms with Crippen molar-refractivity contribution in [2.45, 2.75) is 33.1 Å². The van der Waals surface area contributed by atoms with Crippen molar-refractivity contribution in [3.63, 3.8) is 0 Å². The lowest BCUT2D eigenvalue weighted by Crippen LogP contribution is -2.46. The van der Waals surface area contributed by atoms with Gasteiger partial charge in [0.1, 0.15) is 0 Å². The SMILES string of the molecule is CNC(=O)C(C)(C)CNC(=O)[C@@H]1CCC[C@@H]1C(=O)O. The van der Waals surface area contributed by atoms with Crippen molar-refractivity contribution < 1.29 is 19.5 Å². The van der Waals surface area contributed by atoms with Gasteiger partial charge in [-0.05, 0) is 26.7 Å². The highest BCUT2D eigenvalue weighted by atomic mass is 16.4. The Kier molecular flexibility index (Phi) is 4.91. The fraction of sp³-hybridized carbons (Fsp3) is 0.769. The molecule has 0 aromatic heterocycles. The molecular weight excluding hydrogens is 248 g/mol. The summed E-state index contributed by atoms with van der Waals surface area (Å²) in [4.78, 5) is 34.6. The van der Waals surface area contributed by atoms with Gasteiger partial charge >= 0.3 is 5.97 Å². The molecule has 0 radical (unpaired) electrons. The van der Waals surface area contributed by atoms with E-state index in [9.17, 15) is 14.4 Å². The Morgan fingerprint density at radius 2 is 1.79 bits per heavy atom. The maximum Gasteiger partial charge on any atom is 0.307 e. The smallest absolute Gasteiger partial charge is 0.307 e. The predicted octanol–water partition coefficient (Wildman–Crippen LogP) is 0.376. The molecule has 0 aromatic rings. The first-order valence-electron chi connectivity index (χ1n) is 6.52. The zero-order valence-electron chi connectivity index (χ0n) is 11.7. The summed E-state index contributed by atoms with van der Waals surface area (Å²) in [5, 5.41) is 14.3. The summed E-state index contributed by atoms with van der Waals surface area (Å²) in [6.45, 7) is 3.67. The van der Waals surface area contributed by atoms with E-state index in [1.807, 2.05) is 0 Å². The molecule has 0 unspecified atom stereocenters. The van der Waals surface area contributed by atoms with Gasteiger partial charge in [-0.1, -0.05) is 6.42 Å². The lowest BCUT2D eigenvalue weighted by Gasteiger charge is -2.24. The van der Waals surface area contributed by atoms with Gasteiger partial charge in [0.25, 0.3) is 0 Å². The topological polar surface area (TPSA) is 95.5 Å². The van der Waals surface area contributed by atoms with E-state index in [-0.39, 0.29) is 18.4 Å². The van der Waals surface area contributed by atoms with Crippen LogP contribution in [0.3, 0.4) is 0 Å². The third kappa shape index (κ3) is 3.68. The van der Waals surface area contributed by atoms with Crippen LogP contribution in [0.1, 0.15) is 33.1 Å². The van der Waals surface area contributed by atoms with Crippen molar-refractivity contribution in [3.8, 4) is 0 Å². The Morgan fingerprint density at radius 3 is 2.32 bits per heavy atom. The number of carboxylic acids is 1. The Morgan fingerprint density at radius 1 is 1.21 bits per heavy atom. The van der Waals surface area contributed by atoms with Gasteiger partial charge in [-0.15, -0.1) is 0 Å². The minimum atomic E-state index is -0.914. The van der Waals surface area contributed by atoms with E-state index in [0.29, 0.717) is 12.8 Å². The molecular formula is C13H22N2O4. The second kappa shape index (κ2) is 6.04. The number of hydrogen-bond donors (Lipinski definition) is 3. The van der Waals surface area contributed by atoms with Crippen LogP contribution in [0.2, 0.25) is 0 Å². The molecule has 1 saturated carbocycles. The summed E-state index contributed by atoms with van der Waals surface area (Å²) in [5.41, 5.74) is -0.707. The second-order valence-electron chi connectivity index (χ2n) is 5.66. The number of nitrogens with one attached hydrogen (secondary N) is 2. The Labute approximate surface area is 112 Å². The molecule has 6 heteroatoms. The van der Waals surface area contributed by atoms with E-state index in [1.165, 1.54) is 0 Å². The third-order valence-corrected chi connectivity index (χ3v) is 3.72. The first-order valence-corrected chi connectivity index (χ1v) is 6.52. The molecule has 0 aliphatic heterocycles. The standard InChI is InChI=1S/C13H22N2O4/c1-13(2,12(19)14-3)7-15-10(16)8-5-4-6-9(8)11(17)18/h8-9H,4-7H2,1-3H3,(H,14,19)(H,15,16)(H,17,18)/t8-,9+/m1/s1. The molecule has 0 aromatic carbocycles. The number of carboxylic acid groups (broad SMARTS) is 1. The van der Waals surface area contributed by atoms with Crippen molar-refractivity contribution in [1.29, 1.82) is 0 Å². The molecule has 19 heavy (non-hydrogen) atoms. The van der Waals surface area contributed by atoms with Crippen LogP contribution in [0, 0.1) is 17.3 Å². The van der Waals surface area contributed by atoms with Crippen molar-refractivity contribution in [3.05, 3.63) is 0 Å². The van der Waals surface area contributed by atoms with Gasteiger partial charge < -0.3 is 15.7 Å². The average molecular weight is 270 g/mol. The number of rotatable bonds is 5. The van der Waals surface area contributed by atoms with E-state index in [2.05, 4.69) is 10.6 Å². The Balaban J connectivity index is 2.56. The lowest BCUT2D eigenvalue weighted by molar-refractivity contribution is -0.146. The molecule has 1 rings (SSSR count). The van der Waals surface area contributed by atoms with Gasteiger partial charge in [-0.3, -0.25) is 14.4 Å². The van der Waals surface area contributed by atoms with Crippen LogP contribution in [0.25, 0.3) is 0 Å². The van der Waals surface area contributed by atoms with Crippen LogP contribution in [0.4, 0.5) is 0 Å².